The lowest BCUT2D eigenvalue weighted by Crippen LogP contribution is -2.39. The van der Waals surface area contributed by atoms with E-state index >= 15 is 0 Å². The number of para-hydroxylation sites is 1. The number of nitrogens with one attached hydrogen (secondary N) is 2. The second-order valence-electron chi connectivity index (χ2n) is 10.3. The van der Waals surface area contributed by atoms with Gasteiger partial charge >= 0.3 is 0 Å². The van der Waals surface area contributed by atoms with E-state index < -0.39 is 7.14 Å². The average Bonchev–Trinajstić information content (AvgIpc) is 2.79. The van der Waals surface area contributed by atoms with Crippen LogP contribution in [0.15, 0.2) is 42.6 Å². The normalized spacial score (nSPS) is 12.1. The molecule has 7 nitrogen and oxygen atoms in total. The number of aromatic nitrogens is 2. The van der Waals surface area contributed by atoms with Gasteiger partial charge in [-0.15, -0.1) is 0 Å². The number of methoxy groups -OCH3 is 1. The molecule has 0 aliphatic carbocycles. The maximum atomic E-state index is 12.7. The molecule has 0 atom stereocenters. The van der Waals surface area contributed by atoms with E-state index in [0.29, 0.717) is 28.2 Å². The number of anilines is 4. The van der Waals surface area contributed by atoms with Crippen molar-refractivity contribution in [1.82, 2.24) is 14.9 Å². The highest BCUT2D eigenvalue weighted by molar-refractivity contribution is 7.70. The van der Waals surface area contributed by atoms with Gasteiger partial charge in [0.1, 0.15) is 17.9 Å². The Hall–Kier alpha value is -2.60. The highest BCUT2D eigenvalue weighted by Gasteiger charge is 2.19. The van der Waals surface area contributed by atoms with E-state index in [1.807, 2.05) is 24.3 Å². The quantitative estimate of drug-likeness (QED) is 0.308. The smallest absolute Gasteiger partial charge is 0.229 e. The molecule has 3 aromatic rings. The molecule has 0 fully saturated rings. The van der Waals surface area contributed by atoms with Crippen LogP contribution < -0.4 is 20.7 Å². The summed E-state index contributed by atoms with van der Waals surface area (Å²) in [6.45, 7) is 13.2. The van der Waals surface area contributed by atoms with E-state index in [-0.39, 0.29) is 5.54 Å². The summed E-state index contributed by atoms with van der Waals surface area (Å²) in [5.41, 5.74) is 3.97. The van der Waals surface area contributed by atoms with Gasteiger partial charge in [-0.25, -0.2) is 4.98 Å². The Morgan fingerprint density at radius 3 is 2.44 bits per heavy atom. The molecule has 1 heterocycles. The average molecular weight is 530 g/mol. The molecule has 0 saturated carbocycles. The van der Waals surface area contributed by atoms with E-state index in [0.717, 1.165) is 29.5 Å². The second-order valence-corrected chi connectivity index (χ2v) is 13.9. The molecule has 36 heavy (non-hydrogen) atoms. The molecular formula is C27H37ClN5O2P. The lowest BCUT2D eigenvalue weighted by Gasteiger charge is -2.32. The van der Waals surface area contributed by atoms with Crippen LogP contribution in [-0.4, -0.2) is 54.4 Å². The van der Waals surface area contributed by atoms with E-state index in [2.05, 4.69) is 72.4 Å². The number of aryl methyl sites for hydroxylation is 1. The fourth-order valence-electron chi connectivity index (χ4n) is 3.70. The van der Waals surface area contributed by atoms with Crippen LogP contribution in [0.1, 0.15) is 31.9 Å². The summed E-state index contributed by atoms with van der Waals surface area (Å²) in [4.78, 5) is 11.3. The Balaban J connectivity index is 1.85. The Bertz CT molecular complexity index is 1270. The molecule has 0 saturated heterocycles. The first kappa shape index (κ1) is 28.0. The van der Waals surface area contributed by atoms with Crippen molar-refractivity contribution in [3.8, 4) is 5.75 Å². The van der Waals surface area contributed by atoms with Gasteiger partial charge in [-0.3, -0.25) is 0 Å². The fourth-order valence-corrected chi connectivity index (χ4v) is 5.00. The third kappa shape index (κ3) is 7.00. The molecule has 0 amide bonds. The summed E-state index contributed by atoms with van der Waals surface area (Å²) in [5, 5.41) is 7.59. The van der Waals surface area contributed by atoms with Crippen molar-refractivity contribution in [2.75, 3.05) is 44.7 Å². The van der Waals surface area contributed by atoms with Gasteiger partial charge < -0.3 is 24.8 Å². The molecule has 1 aromatic heterocycles. The Morgan fingerprint density at radius 1 is 1.11 bits per heavy atom. The first-order valence-electron chi connectivity index (χ1n) is 11.9. The number of nitrogens with zero attached hydrogens (tertiary/aromatic N) is 3. The minimum Gasteiger partial charge on any atom is -0.495 e. The van der Waals surface area contributed by atoms with Gasteiger partial charge in [-0.1, -0.05) is 23.7 Å². The fraction of sp³-hybridized carbons (Fsp3) is 0.407. The van der Waals surface area contributed by atoms with Crippen molar-refractivity contribution >= 4 is 47.2 Å². The van der Waals surface area contributed by atoms with Crippen LogP contribution in [-0.2, 0) is 11.0 Å². The minimum atomic E-state index is -2.50. The topological polar surface area (TPSA) is 79.4 Å². The van der Waals surface area contributed by atoms with Gasteiger partial charge in [0.2, 0.25) is 5.95 Å². The molecule has 0 radical (unpaired) electrons. The summed E-state index contributed by atoms with van der Waals surface area (Å²) in [6, 6.07) is 11.6. The lowest BCUT2D eigenvalue weighted by atomic mass is 10.0. The Labute approximate surface area is 220 Å². The molecule has 0 aliphatic heterocycles. The minimum absolute atomic E-state index is 0.114. The molecule has 0 aliphatic rings. The van der Waals surface area contributed by atoms with E-state index in [4.69, 9.17) is 16.3 Å². The van der Waals surface area contributed by atoms with Crippen LogP contribution >= 0.6 is 18.7 Å². The van der Waals surface area contributed by atoms with Gasteiger partial charge in [-0.05, 0) is 89.9 Å². The largest absolute Gasteiger partial charge is 0.495 e. The molecule has 2 N–H and O–H groups in total. The van der Waals surface area contributed by atoms with E-state index in [1.54, 1.807) is 20.4 Å². The van der Waals surface area contributed by atoms with Crippen LogP contribution in [0.3, 0.4) is 0 Å². The van der Waals surface area contributed by atoms with E-state index in [9.17, 15) is 4.57 Å². The third-order valence-electron chi connectivity index (χ3n) is 6.25. The van der Waals surface area contributed by atoms with Crippen LogP contribution in [0.25, 0.3) is 0 Å². The first-order valence-corrected chi connectivity index (χ1v) is 14.9. The van der Waals surface area contributed by atoms with Gasteiger partial charge in [-0.2, -0.15) is 4.98 Å². The Kier molecular flexibility index (Phi) is 8.71. The summed E-state index contributed by atoms with van der Waals surface area (Å²) in [6.07, 6.45) is 2.45. The second kappa shape index (κ2) is 11.2. The monoisotopic (exact) mass is 529 g/mol. The van der Waals surface area contributed by atoms with Crippen LogP contribution in [0.2, 0.25) is 5.02 Å². The highest BCUT2D eigenvalue weighted by atomic mass is 35.5. The summed E-state index contributed by atoms with van der Waals surface area (Å²) >= 11 is 6.40. The predicted octanol–water partition coefficient (Wildman–Crippen LogP) is 6.46. The van der Waals surface area contributed by atoms with Gasteiger partial charge in [0.15, 0.2) is 5.82 Å². The zero-order valence-electron chi connectivity index (χ0n) is 22.4. The van der Waals surface area contributed by atoms with Gasteiger partial charge in [0, 0.05) is 17.4 Å². The highest BCUT2D eigenvalue weighted by Crippen LogP contribution is 2.39. The van der Waals surface area contributed by atoms with Crippen molar-refractivity contribution < 1.29 is 9.30 Å². The molecular weight excluding hydrogens is 493 g/mol. The first-order chi connectivity index (χ1) is 16.8. The summed E-state index contributed by atoms with van der Waals surface area (Å²) < 4.78 is 18.4. The van der Waals surface area contributed by atoms with Crippen LogP contribution in [0, 0.1) is 6.92 Å². The van der Waals surface area contributed by atoms with Crippen molar-refractivity contribution in [2.45, 2.75) is 39.7 Å². The van der Waals surface area contributed by atoms with Crippen molar-refractivity contribution in [1.29, 1.82) is 0 Å². The Morgan fingerprint density at radius 2 is 1.81 bits per heavy atom. The number of hydrogen-bond acceptors (Lipinski definition) is 7. The third-order valence-corrected chi connectivity index (χ3v) is 8.07. The molecule has 9 heteroatoms. The zero-order chi connectivity index (χ0) is 26.7. The summed E-state index contributed by atoms with van der Waals surface area (Å²) in [7, 11) is 1.30. The molecule has 0 unspecified atom stereocenters. The number of rotatable bonds is 9. The molecule has 2 aromatic carbocycles. The van der Waals surface area contributed by atoms with E-state index in [1.165, 1.54) is 11.8 Å². The lowest BCUT2D eigenvalue weighted by molar-refractivity contribution is 0.178. The maximum Gasteiger partial charge on any atom is 0.229 e. The SMILES string of the molecule is COc1cc(CCN(C)C(C)(C)C)c(C)cc1Nc1ncc(Cl)c(Nc2ccccc2P(C)(C)=O)n1. The van der Waals surface area contributed by atoms with Crippen LogP contribution in [0.5, 0.6) is 5.75 Å². The number of halogens is 1. The zero-order valence-corrected chi connectivity index (χ0v) is 24.1. The summed E-state index contributed by atoms with van der Waals surface area (Å²) in [5.74, 6) is 1.51. The number of likely N-dealkylation sites (N-methyl/N-ethyl adjacent to an activating group) is 1. The molecule has 3 rings (SSSR count). The maximum absolute atomic E-state index is 12.7. The molecule has 0 spiro atoms. The van der Waals surface area contributed by atoms with Gasteiger partial charge in [0.25, 0.3) is 0 Å². The molecule has 0 bridgehead atoms. The standard InChI is InChI=1S/C27H37ClN5O2P/c1-18-15-22(23(35-6)16-19(18)13-14-33(5)27(2,3)4)31-26-29-17-20(28)25(32-26)30-21-11-9-10-12-24(21)36(7,8)34/h9-12,15-17H,13-14H2,1-8H3,(H2,29,30,31,32). The number of hydrogen-bond donors (Lipinski definition) is 2. The molecule has 194 valence electrons. The van der Waals surface area contributed by atoms with Crippen molar-refractivity contribution in [3.05, 3.63) is 58.7 Å². The van der Waals surface area contributed by atoms with Crippen LogP contribution in [0.4, 0.5) is 23.1 Å². The van der Waals surface area contributed by atoms with Crippen molar-refractivity contribution in [2.24, 2.45) is 0 Å². The predicted molar refractivity (Wildman–Crippen MR) is 153 cm³/mol. The van der Waals surface area contributed by atoms with Crippen molar-refractivity contribution in [3.63, 3.8) is 0 Å². The number of benzene rings is 2. The van der Waals surface area contributed by atoms with Gasteiger partial charge in [0.05, 0.1) is 24.7 Å². The number of ether oxygens (including phenoxy) is 1.